The summed E-state index contributed by atoms with van der Waals surface area (Å²) in [7, 11) is 1.63. The van der Waals surface area contributed by atoms with Crippen LogP contribution in [-0.4, -0.2) is 17.2 Å². The van der Waals surface area contributed by atoms with Crippen LogP contribution in [0.5, 0.6) is 5.75 Å². The van der Waals surface area contributed by atoms with Crippen LogP contribution < -0.4 is 4.74 Å². The Morgan fingerprint density at radius 3 is 3.00 bits per heavy atom. The second-order valence-corrected chi connectivity index (χ2v) is 5.41. The molecule has 0 bridgehead atoms. The lowest BCUT2D eigenvalue weighted by Gasteiger charge is -2.12. The average molecular weight is 314 g/mol. The quantitative estimate of drug-likeness (QED) is 0.942. The molecule has 3 nitrogen and oxygen atoms in total. The van der Waals surface area contributed by atoms with Crippen LogP contribution in [0.15, 0.2) is 34.4 Å². The zero-order valence-electron chi connectivity index (χ0n) is 9.26. The predicted molar refractivity (Wildman–Crippen MR) is 71.5 cm³/mol. The number of hydrogen-bond donors (Lipinski definition) is 1. The number of methoxy groups -OCH3 is 1. The van der Waals surface area contributed by atoms with Gasteiger partial charge in [-0.1, -0.05) is 15.9 Å². The van der Waals surface area contributed by atoms with Gasteiger partial charge < -0.3 is 9.84 Å². The Kier molecular flexibility index (Phi) is 4.15. The molecule has 1 atom stereocenters. The summed E-state index contributed by atoms with van der Waals surface area (Å²) in [6, 6.07) is 5.77. The van der Waals surface area contributed by atoms with E-state index >= 15 is 0 Å². The van der Waals surface area contributed by atoms with Gasteiger partial charge in [-0.2, -0.15) is 0 Å². The van der Waals surface area contributed by atoms with E-state index < -0.39 is 6.10 Å². The third-order valence-electron chi connectivity index (χ3n) is 2.44. The summed E-state index contributed by atoms with van der Waals surface area (Å²) in [4.78, 5) is 4.83. The van der Waals surface area contributed by atoms with Crippen molar-refractivity contribution in [2.24, 2.45) is 0 Å². The molecule has 1 N–H and O–H groups in total. The van der Waals surface area contributed by atoms with E-state index in [0.29, 0.717) is 6.42 Å². The number of aliphatic hydroxyl groups is 1. The average Bonchev–Trinajstić information content (AvgIpc) is 2.83. The van der Waals surface area contributed by atoms with Crippen LogP contribution in [0, 0.1) is 0 Å². The van der Waals surface area contributed by atoms with Crippen LogP contribution in [0.3, 0.4) is 0 Å². The minimum atomic E-state index is -0.536. The molecule has 0 saturated heterocycles. The molecule has 1 aromatic heterocycles. The van der Waals surface area contributed by atoms with Crippen molar-refractivity contribution in [2.75, 3.05) is 7.11 Å². The van der Waals surface area contributed by atoms with Gasteiger partial charge in [-0.05, 0) is 23.8 Å². The van der Waals surface area contributed by atoms with Gasteiger partial charge in [-0.25, -0.2) is 0 Å². The Hall–Kier alpha value is -0.910. The van der Waals surface area contributed by atoms with Gasteiger partial charge in [0.05, 0.1) is 23.6 Å². The summed E-state index contributed by atoms with van der Waals surface area (Å²) >= 11 is 4.87. The second kappa shape index (κ2) is 5.62. The Morgan fingerprint density at radius 2 is 2.35 bits per heavy atom. The van der Waals surface area contributed by atoms with Gasteiger partial charge in [0.2, 0.25) is 0 Å². The number of hydrogen-bond acceptors (Lipinski definition) is 4. The van der Waals surface area contributed by atoms with Crippen LogP contribution in [-0.2, 0) is 6.42 Å². The third-order valence-corrected chi connectivity index (χ3v) is 3.81. The van der Waals surface area contributed by atoms with Crippen LogP contribution >= 0.6 is 27.3 Å². The smallest absolute Gasteiger partial charge is 0.122 e. The SMILES string of the molecule is COc1ccc(Br)cc1CC(O)c1cncs1. The van der Waals surface area contributed by atoms with E-state index in [1.165, 1.54) is 11.3 Å². The predicted octanol–water partition coefficient (Wildman–Crippen LogP) is 3.19. The van der Waals surface area contributed by atoms with Crippen LogP contribution in [0.4, 0.5) is 0 Å². The maximum Gasteiger partial charge on any atom is 0.122 e. The van der Waals surface area contributed by atoms with E-state index in [-0.39, 0.29) is 0 Å². The number of rotatable bonds is 4. The van der Waals surface area contributed by atoms with Gasteiger partial charge in [-0.3, -0.25) is 4.98 Å². The Morgan fingerprint density at radius 1 is 1.53 bits per heavy atom. The minimum Gasteiger partial charge on any atom is -0.496 e. The summed E-state index contributed by atoms with van der Waals surface area (Å²) in [5.74, 6) is 0.789. The maximum atomic E-state index is 10.1. The normalized spacial score (nSPS) is 12.4. The van der Waals surface area contributed by atoms with Crippen molar-refractivity contribution in [1.82, 2.24) is 4.98 Å². The van der Waals surface area contributed by atoms with Crippen molar-refractivity contribution >= 4 is 27.3 Å². The molecule has 90 valence electrons. The monoisotopic (exact) mass is 313 g/mol. The molecular weight excluding hydrogens is 302 g/mol. The zero-order valence-corrected chi connectivity index (χ0v) is 11.7. The van der Waals surface area contributed by atoms with E-state index in [4.69, 9.17) is 4.74 Å². The highest BCUT2D eigenvalue weighted by atomic mass is 79.9. The summed E-state index contributed by atoms with van der Waals surface area (Å²) in [6.45, 7) is 0. The number of halogens is 1. The van der Waals surface area contributed by atoms with Crippen molar-refractivity contribution in [3.8, 4) is 5.75 Å². The molecule has 17 heavy (non-hydrogen) atoms. The summed E-state index contributed by atoms with van der Waals surface area (Å²) < 4.78 is 6.25. The highest BCUT2D eigenvalue weighted by molar-refractivity contribution is 9.10. The van der Waals surface area contributed by atoms with Crippen molar-refractivity contribution in [3.05, 3.63) is 44.8 Å². The lowest BCUT2D eigenvalue weighted by Crippen LogP contribution is -2.01. The number of aliphatic hydroxyl groups excluding tert-OH is 1. The molecule has 0 spiro atoms. The fourth-order valence-electron chi connectivity index (χ4n) is 1.61. The summed E-state index contributed by atoms with van der Waals surface area (Å²) in [5, 5.41) is 10.1. The molecule has 0 fully saturated rings. The molecule has 0 saturated carbocycles. The molecule has 1 heterocycles. The topological polar surface area (TPSA) is 42.4 Å². The molecule has 2 rings (SSSR count). The Labute approximate surface area is 112 Å². The number of benzene rings is 1. The van der Waals surface area contributed by atoms with E-state index in [9.17, 15) is 5.11 Å². The Bertz CT molecular complexity index is 487. The van der Waals surface area contributed by atoms with Gasteiger partial charge in [0.1, 0.15) is 5.75 Å². The first-order chi connectivity index (χ1) is 8.20. The van der Waals surface area contributed by atoms with Crippen molar-refractivity contribution in [3.63, 3.8) is 0 Å². The first-order valence-electron chi connectivity index (χ1n) is 5.09. The van der Waals surface area contributed by atoms with Crippen LogP contribution in [0.1, 0.15) is 16.5 Å². The lowest BCUT2D eigenvalue weighted by atomic mass is 10.1. The largest absolute Gasteiger partial charge is 0.496 e. The van der Waals surface area contributed by atoms with Crippen molar-refractivity contribution in [2.45, 2.75) is 12.5 Å². The van der Waals surface area contributed by atoms with Gasteiger partial charge in [0.15, 0.2) is 0 Å². The molecule has 1 aromatic carbocycles. The van der Waals surface area contributed by atoms with E-state index in [1.807, 2.05) is 18.2 Å². The second-order valence-electron chi connectivity index (χ2n) is 3.58. The highest BCUT2D eigenvalue weighted by Gasteiger charge is 2.13. The molecule has 0 radical (unpaired) electrons. The highest BCUT2D eigenvalue weighted by Crippen LogP contribution is 2.28. The molecule has 0 aliphatic heterocycles. The van der Waals surface area contributed by atoms with Gasteiger partial charge >= 0.3 is 0 Å². The molecular formula is C12H12BrNO2S. The van der Waals surface area contributed by atoms with E-state index in [0.717, 1.165) is 20.7 Å². The van der Waals surface area contributed by atoms with Gasteiger partial charge in [0.25, 0.3) is 0 Å². The first kappa shape index (κ1) is 12.5. The van der Waals surface area contributed by atoms with Crippen LogP contribution in [0.25, 0.3) is 0 Å². The van der Waals surface area contributed by atoms with E-state index in [1.54, 1.807) is 18.8 Å². The molecule has 5 heteroatoms. The minimum absolute atomic E-state index is 0.519. The molecule has 0 aliphatic rings. The zero-order chi connectivity index (χ0) is 12.3. The maximum absolute atomic E-state index is 10.1. The summed E-state index contributed by atoms with van der Waals surface area (Å²) in [6.07, 6.45) is 1.68. The van der Waals surface area contributed by atoms with E-state index in [2.05, 4.69) is 20.9 Å². The standard InChI is InChI=1S/C12H12BrNO2S/c1-16-11-3-2-9(13)4-8(11)5-10(15)12-6-14-7-17-12/h2-4,6-7,10,15H,5H2,1H3. The van der Waals surface area contributed by atoms with Gasteiger partial charge in [-0.15, -0.1) is 11.3 Å². The number of ether oxygens (including phenoxy) is 1. The van der Waals surface area contributed by atoms with Gasteiger partial charge in [0, 0.05) is 17.1 Å². The summed E-state index contributed by atoms with van der Waals surface area (Å²) in [5.41, 5.74) is 2.69. The first-order valence-corrected chi connectivity index (χ1v) is 6.77. The lowest BCUT2D eigenvalue weighted by molar-refractivity contribution is 0.181. The third kappa shape index (κ3) is 3.06. The number of thiazole rings is 1. The molecule has 0 aliphatic carbocycles. The number of nitrogens with zero attached hydrogens (tertiary/aromatic N) is 1. The number of aromatic nitrogens is 1. The van der Waals surface area contributed by atoms with Crippen LogP contribution in [0.2, 0.25) is 0 Å². The Balaban J connectivity index is 2.20. The fraction of sp³-hybridized carbons (Fsp3) is 0.250. The molecule has 2 aromatic rings. The fourth-order valence-corrected chi connectivity index (χ4v) is 2.62. The van der Waals surface area contributed by atoms with Crippen molar-refractivity contribution < 1.29 is 9.84 Å². The van der Waals surface area contributed by atoms with Crippen molar-refractivity contribution in [1.29, 1.82) is 0 Å². The molecule has 1 unspecified atom stereocenters. The molecule has 0 amide bonds.